The highest BCUT2D eigenvalue weighted by molar-refractivity contribution is 5.96. The van der Waals surface area contributed by atoms with Gasteiger partial charge in [0.1, 0.15) is 12.1 Å². The third kappa shape index (κ3) is 4.51. The number of nitrogens with one attached hydrogen (secondary N) is 1. The molecule has 1 rings (SSSR count). The second-order valence-corrected chi connectivity index (χ2v) is 5.47. The molecule has 2 amide bonds. The molecule has 0 aromatic rings. The van der Waals surface area contributed by atoms with Crippen LogP contribution in [-0.2, 0) is 9.59 Å². The number of rotatable bonds is 8. The summed E-state index contributed by atoms with van der Waals surface area (Å²) in [6, 6.07) is -0.615. The molecular formula is C15H28N2O2. The van der Waals surface area contributed by atoms with Crippen LogP contribution in [0, 0.1) is 0 Å². The molecule has 0 bridgehead atoms. The molecule has 1 aliphatic rings. The van der Waals surface area contributed by atoms with Crippen LogP contribution in [0.5, 0.6) is 0 Å². The van der Waals surface area contributed by atoms with Crippen LogP contribution in [0.3, 0.4) is 0 Å². The predicted octanol–water partition coefficient (Wildman–Crippen LogP) is 2.47. The molecule has 1 saturated heterocycles. The van der Waals surface area contributed by atoms with E-state index in [1.165, 1.54) is 19.3 Å². The summed E-state index contributed by atoms with van der Waals surface area (Å²) in [6.45, 7) is 6.77. The highest BCUT2D eigenvalue weighted by atomic mass is 16.2. The van der Waals surface area contributed by atoms with Crippen molar-refractivity contribution in [3.05, 3.63) is 0 Å². The maximum absolute atomic E-state index is 12.3. The predicted molar refractivity (Wildman–Crippen MR) is 76.8 cm³/mol. The standard InChI is InChI=1S/C15H28N2O2/c1-4-6-7-8-9-11-17-12(3)14(18)16-13(10-5-2)15(17)19/h12-13H,4-11H2,1-3H3,(H,16,18). The topological polar surface area (TPSA) is 49.4 Å². The van der Waals surface area contributed by atoms with Gasteiger partial charge in [-0.05, 0) is 19.8 Å². The normalized spacial score (nSPS) is 23.6. The van der Waals surface area contributed by atoms with Gasteiger partial charge in [-0.2, -0.15) is 0 Å². The number of carbonyl (C=O) groups excluding carboxylic acids is 2. The van der Waals surface area contributed by atoms with Gasteiger partial charge in [0, 0.05) is 6.54 Å². The lowest BCUT2D eigenvalue weighted by Gasteiger charge is -2.37. The van der Waals surface area contributed by atoms with E-state index < -0.39 is 0 Å². The third-order valence-corrected chi connectivity index (χ3v) is 3.82. The van der Waals surface area contributed by atoms with Crippen LogP contribution in [0.1, 0.15) is 65.7 Å². The highest BCUT2D eigenvalue weighted by Gasteiger charge is 2.36. The molecule has 1 N–H and O–H groups in total. The summed E-state index contributed by atoms with van der Waals surface area (Å²) in [4.78, 5) is 25.9. The second-order valence-electron chi connectivity index (χ2n) is 5.47. The van der Waals surface area contributed by atoms with Crippen LogP contribution >= 0.6 is 0 Å². The summed E-state index contributed by atoms with van der Waals surface area (Å²) in [5.41, 5.74) is 0. The Hall–Kier alpha value is -1.06. The molecule has 1 aliphatic heterocycles. The van der Waals surface area contributed by atoms with Crippen LogP contribution in [0.2, 0.25) is 0 Å². The molecule has 0 spiro atoms. The van der Waals surface area contributed by atoms with Gasteiger partial charge >= 0.3 is 0 Å². The molecule has 0 aromatic heterocycles. The van der Waals surface area contributed by atoms with E-state index in [0.29, 0.717) is 0 Å². The third-order valence-electron chi connectivity index (χ3n) is 3.82. The molecule has 1 fully saturated rings. The quantitative estimate of drug-likeness (QED) is 0.688. The zero-order chi connectivity index (χ0) is 14.3. The minimum Gasteiger partial charge on any atom is -0.343 e. The molecule has 0 radical (unpaired) electrons. The molecule has 0 saturated carbocycles. The Balaban J connectivity index is 2.47. The fourth-order valence-electron chi connectivity index (χ4n) is 2.56. The van der Waals surface area contributed by atoms with E-state index >= 15 is 0 Å². The van der Waals surface area contributed by atoms with E-state index in [4.69, 9.17) is 0 Å². The molecule has 19 heavy (non-hydrogen) atoms. The van der Waals surface area contributed by atoms with E-state index in [2.05, 4.69) is 12.2 Å². The summed E-state index contributed by atoms with van der Waals surface area (Å²) in [6.07, 6.45) is 7.49. The van der Waals surface area contributed by atoms with Crippen LogP contribution in [0.25, 0.3) is 0 Å². The van der Waals surface area contributed by atoms with E-state index in [1.807, 2.05) is 13.8 Å². The van der Waals surface area contributed by atoms with Gasteiger partial charge in [-0.15, -0.1) is 0 Å². The maximum Gasteiger partial charge on any atom is 0.245 e. The molecule has 110 valence electrons. The van der Waals surface area contributed by atoms with E-state index in [-0.39, 0.29) is 23.9 Å². The number of hydrogen-bond acceptors (Lipinski definition) is 2. The summed E-state index contributed by atoms with van der Waals surface area (Å²) in [7, 11) is 0. The van der Waals surface area contributed by atoms with Crippen molar-refractivity contribution in [3.8, 4) is 0 Å². The first-order valence-corrected chi connectivity index (χ1v) is 7.72. The van der Waals surface area contributed by atoms with Crippen LogP contribution < -0.4 is 5.32 Å². The summed E-state index contributed by atoms with van der Waals surface area (Å²) >= 11 is 0. The van der Waals surface area contributed by atoms with Crippen molar-refractivity contribution >= 4 is 11.8 Å². The molecule has 0 aromatic carbocycles. The Kier molecular flexibility index (Phi) is 6.89. The number of hydrogen-bond donors (Lipinski definition) is 1. The van der Waals surface area contributed by atoms with Crippen LogP contribution in [0.15, 0.2) is 0 Å². The van der Waals surface area contributed by atoms with Crippen molar-refractivity contribution in [3.63, 3.8) is 0 Å². The van der Waals surface area contributed by atoms with Gasteiger partial charge in [0.15, 0.2) is 0 Å². The smallest absolute Gasteiger partial charge is 0.245 e. The summed E-state index contributed by atoms with van der Waals surface area (Å²) < 4.78 is 0. The average molecular weight is 268 g/mol. The lowest BCUT2D eigenvalue weighted by atomic mass is 10.0. The fraction of sp³-hybridized carbons (Fsp3) is 0.867. The van der Waals surface area contributed by atoms with Crippen LogP contribution in [0.4, 0.5) is 0 Å². The van der Waals surface area contributed by atoms with Crippen LogP contribution in [-0.4, -0.2) is 35.3 Å². The van der Waals surface area contributed by atoms with Gasteiger partial charge in [-0.1, -0.05) is 46.0 Å². The molecule has 2 unspecified atom stereocenters. The second kappa shape index (κ2) is 8.18. The summed E-state index contributed by atoms with van der Waals surface area (Å²) in [5, 5.41) is 2.83. The van der Waals surface area contributed by atoms with Gasteiger partial charge < -0.3 is 10.2 Å². The summed E-state index contributed by atoms with van der Waals surface area (Å²) in [5.74, 6) is 0.0936. The SMILES string of the molecule is CCCCCCCN1C(=O)C(CCC)NC(=O)C1C. The van der Waals surface area contributed by atoms with Crippen molar-refractivity contribution in [1.82, 2.24) is 10.2 Å². The zero-order valence-corrected chi connectivity index (χ0v) is 12.6. The van der Waals surface area contributed by atoms with Gasteiger partial charge in [-0.25, -0.2) is 0 Å². The van der Waals surface area contributed by atoms with Crippen molar-refractivity contribution in [2.45, 2.75) is 77.8 Å². The Morgan fingerprint density at radius 3 is 2.37 bits per heavy atom. The minimum atomic E-state index is -0.313. The molecule has 0 aliphatic carbocycles. The van der Waals surface area contributed by atoms with Gasteiger partial charge in [0.25, 0.3) is 0 Å². The lowest BCUT2D eigenvalue weighted by Crippen LogP contribution is -2.62. The van der Waals surface area contributed by atoms with Gasteiger partial charge in [0.05, 0.1) is 0 Å². The fourth-order valence-corrected chi connectivity index (χ4v) is 2.56. The highest BCUT2D eigenvalue weighted by Crippen LogP contribution is 2.15. The van der Waals surface area contributed by atoms with Crippen molar-refractivity contribution in [1.29, 1.82) is 0 Å². The monoisotopic (exact) mass is 268 g/mol. The Morgan fingerprint density at radius 1 is 1.05 bits per heavy atom. The molecular weight excluding hydrogens is 240 g/mol. The Morgan fingerprint density at radius 2 is 1.74 bits per heavy atom. The first-order valence-electron chi connectivity index (χ1n) is 7.72. The van der Waals surface area contributed by atoms with Crippen molar-refractivity contribution in [2.75, 3.05) is 6.54 Å². The van der Waals surface area contributed by atoms with E-state index in [0.717, 1.165) is 32.2 Å². The average Bonchev–Trinajstić information content (AvgIpc) is 2.39. The number of unbranched alkanes of at least 4 members (excludes halogenated alkanes) is 4. The van der Waals surface area contributed by atoms with E-state index in [9.17, 15) is 9.59 Å². The lowest BCUT2D eigenvalue weighted by molar-refractivity contribution is -0.148. The van der Waals surface area contributed by atoms with Crippen molar-refractivity contribution < 1.29 is 9.59 Å². The number of amides is 2. The maximum atomic E-state index is 12.3. The molecule has 2 atom stereocenters. The first kappa shape index (κ1) is 16.0. The van der Waals surface area contributed by atoms with E-state index in [1.54, 1.807) is 4.90 Å². The largest absolute Gasteiger partial charge is 0.343 e. The number of nitrogens with zero attached hydrogens (tertiary/aromatic N) is 1. The Labute approximate surface area is 116 Å². The Bertz CT molecular complexity index is 305. The molecule has 4 heteroatoms. The van der Waals surface area contributed by atoms with Crippen molar-refractivity contribution in [2.24, 2.45) is 0 Å². The molecule has 1 heterocycles. The van der Waals surface area contributed by atoms with Gasteiger partial charge in [0.2, 0.25) is 11.8 Å². The minimum absolute atomic E-state index is 0.00777. The number of carbonyl (C=O) groups is 2. The number of piperazine rings is 1. The zero-order valence-electron chi connectivity index (χ0n) is 12.6. The first-order chi connectivity index (χ1) is 9.11. The van der Waals surface area contributed by atoms with Gasteiger partial charge in [-0.3, -0.25) is 9.59 Å². The molecule has 4 nitrogen and oxygen atoms in total.